The van der Waals surface area contributed by atoms with E-state index in [1.807, 2.05) is 0 Å². The van der Waals surface area contributed by atoms with E-state index in [0.717, 1.165) is 41.7 Å². The van der Waals surface area contributed by atoms with Crippen LogP contribution < -0.4 is 5.32 Å². The zero-order chi connectivity index (χ0) is 12.7. The predicted molar refractivity (Wildman–Crippen MR) is 77.5 cm³/mol. The zero-order valence-electron chi connectivity index (χ0n) is 12.5. The van der Waals surface area contributed by atoms with Gasteiger partial charge >= 0.3 is 0 Å². The van der Waals surface area contributed by atoms with Crippen LogP contribution in [0.3, 0.4) is 0 Å². The first kappa shape index (κ1) is 13.0. The molecule has 3 aliphatic carbocycles. The minimum absolute atomic E-state index is 0.818. The third kappa shape index (κ3) is 2.48. The smallest absolute Gasteiger partial charge is 0.0103 e. The van der Waals surface area contributed by atoms with E-state index in [9.17, 15) is 0 Å². The average Bonchev–Trinajstić information content (AvgIpc) is 2.90. The van der Waals surface area contributed by atoms with Crippen molar-refractivity contribution < 1.29 is 0 Å². The van der Waals surface area contributed by atoms with Gasteiger partial charge in [-0.3, -0.25) is 0 Å². The topological polar surface area (TPSA) is 12.0 Å². The number of hydrogen-bond acceptors (Lipinski definition) is 1. The summed E-state index contributed by atoms with van der Waals surface area (Å²) in [4.78, 5) is 0. The maximum atomic E-state index is 4.11. The Bertz CT molecular complexity index is 285. The van der Waals surface area contributed by atoms with E-state index in [1.165, 1.54) is 44.9 Å². The molecule has 6 unspecified atom stereocenters. The average molecular weight is 249 g/mol. The van der Waals surface area contributed by atoms with Crippen molar-refractivity contribution in [3.8, 4) is 0 Å². The molecule has 0 radical (unpaired) electrons. The fraction of sp³-hybridized carbons (Fsp3) is 1.00. The summed E-state index contributed by atoms with van der Waals surface area (Å²) in [5.74, 6) is 4.83. The summed E-state index contributed by atoms with van der Waals surface area (Å²) in [6.07, 6.45) is 10.4. The molecule has 3 aliphatic rings. The first-order chi connectivity index (χ1) is 8.63. The van der Waals surface area contributed by atoms with Gasteiger partial charge in [-0.15, -0.1) is 0 Å². The molecule has 0 aromatic heterocycles. The summed E-state index contributed by atoms with van der Waals surface area (Å²) in [5, 5.41) is 4.11. The molecular weight excluding hydrogens is 218 g/mol. The van der Waals surface area contributed by atoms with Gasteiger partial charge in [-0.05, 0) is 61.7 Å². The molecule has 0 aromatic carbocycles. The lowest BCUT2D eigenvalue weighted by Crippen LogP contribution is -2.49. The van der Waals surface area contributed by atoms with E-state index in [0.29, 0.717) is 0 Å². The monoisotopic (exact) mass is 249 g/mol. The molecule has 1 heteroatoms. The molecule has 1 N–H and O–H groups in total. The Labute approximate surface area is 113 Å². The number of hydrogen-bond donors (Lipinski definition) is 1. The van der Waals surface area contributed by atoms with Crippen LogP contribution in [-0.4, -0.2) is 12.1 Å². The van der Waals surface area contributed by atoms with Crippen LogP contribution in [0.2, 0.25) is 0 Å². The molecule has 0 heterocycles. The molecular formula is C17H31N. The summed E-state index contributed by atoms with van der Waals surface area (Å²) < 4.78 is 0. The highest BCUT2D eigenvalue weighted by Crippen LogP contribution is 2.45. The van der Waals surface area contributed by atoms with Crippen LogP contribution in [0, 0.1) is 29.6 Å². The predicted octanol–water partition coefficient (Wildman–Crippen LogP) is 4.23. The van der Waals surface area contributed by atoms with Crippen molar-refractivity contribution in [3.63, 3.8) is 0 Å². The second-order valence-corrected chi connectivity index (χ2v) is 7.88. The largest absolute Gasteiger partial charge is 0.311 e. The maximum absolute atomic E-state index is 4.11. The number of nitrogens with one attached hydrogen (secondary N) is 1. The minimum atomic E-state index is 0.818. The second kappa shape index (κ2) is 5.15. The van der Waals surface area contributed by atoms with Gasteiger partial charge in [-0.25, -0.2) is 0 Å². The van der Waals surface area contributed by atoms with Gasteiger partial charge in [0, 0.05) is 12.1 Å². The summed E-state index contributed by atoms with van der Waals surface area (Å²) in [7, 11) is 0. The van der Waals surface area contributed by atoms with E-state index in [4.69, 9.17) is 0 Å². The van der Waals surface area contributed by atoms with Crippen molar-refractivity contribution in [1.82, 2.24) is 5.32 Å². The summed E-state index contributed by atoms with van der Waals surface area (Å²) >= 11 is 0. The van der Waals surface area contributed by atoms with Gasteiger partial charge in [0.2, 0.25) is 0 Å². The first-order valence-corrected chi connectivity index (χ1v) is 8.39. The number of rotatable bonds is 3. The molecule has 0 aromatic rings. The minimum Gasteiger partial charge on any atom is -0.311 e. The molecule has 6 atom stereocenters. The Morgan fingerprint density at radius 3 is 2.33 bits per heavy atom. The van der Waals surface area contributed by atoms with Crippen LogP contribution in [0.1, 0.15) is 65.7 Å². The lowest BCUT2D eigenvalue weighted by atomic mass is 9.73. The lowest BCUT2D eigenvalue weighted by molar-refractivity contribution is 0.147. The molecule has 1 nitrogen and oxygen atoms in total. The van der Waals surface area contributed by atoms with Gasteiger partial charge in [0.25, 0.3) is 0 Å². The third-order valence-electron chi connectivity index (χ3n) is 6.19. The Morgan fingerprint density at radius 2 is 1.72 bits per heavy atom. The lowest BCUT2D eigenvalue weighted by Gasteiger charge is -2.41. The first-order valence-electron chi connectivity index (χ1n) is 8.39. The van der Waals surface area contributed by atoms with Crippen molar-refractivity contribution in [1.29, 1.82) is 0 Å². The van der Waals surface area contributed by atoms with E-state index >= 15 is 0 Å². The Morgan fingerprint density at radius 1 is 0.889 bits per heavy atom. The van der Waals surface area contributed by atoms with Crippen molar-refractivity contribution in [2.45, 2.75) is 77.8 Å². The van der Waals surface area contributed by atoms with Gasteiger partial charge in [-0.1, -0.05) is 33.6 Å². The molecule has 3 rings (SSSR count). The van der Waals surface area contributed by atoms with Crippen LogP contribution in [0.25, 0.3) is 0 Å². The molecule has 3 saturated carbocycles. The van der Waals surface area contributed by atoms with Gasteiger partial charge in [0.05, 0.1) is 0 Å². The van der Waals surface area contributed by atoms with Gasteiger partial charge in [0.15, 0.2) is 0 Å². The highest BCUT2D eigenvalue weighted by molar-refractivity contribution is 4.97. The van der Waals surface area contributed by atoms with E-state index in [-0.39, 0.29) is 0 Å². The van der Waals surface area contributed by atoms with Crippen LogP contribution >= 0.6 is 0 Å². The summed E-state index contributed by atoms with van der Waals surface area (Å²) in [6.45, 7) is 7.30. The molecule has 18 heavy (non-hydrogen) atoms. The van der Waals surface area contributed by atoms with E-state index < -0.39 is 0 Å². The van der Waals surface area contributed by atoms with Gasteiger partial charge < -0.3 is 5.32 Å². The zero-order valence-corrected chi connectivity index (χ0v) is 12.5. The normalized spacial score (nSPS) is 48.0. The maximum Gasteiger partial charge on any atom is 0.0103 e. The third-order valence-corrected chi connectivity index (χ3v) is 6.19. The van der Waals surface area contributed by atoms with Crippen molar-refractivity contribution >= 4 is 0 Å². The van der Waals surface area contributed by atoms with E-state index in [1.54, 1.807) is 0 Å². The fourth-order valence-electron chi connectivity index (χ4n) is 5.12. The Hall–Kier alpha value is -0.0400. The summed E-state index contributed by atoms with van der Waals surface area (Å²) in [5.41, 5.74) is 0. The molecule has 0 aliphatic heterocycles. The van der Waals surface area contributed by atoms with Crippen LogP contribution in [0.4, 0.5) is 0 Å². The standard InChI is InChI=1S/C17H31N/c1-11(2)15-7-4-12(3)8-17(15)18-16-10-13-5-6-14(16)9-13/h11-18H,4-10H2,1-3H3. The number of fused-ring (bicyclic) bond motifs is 2. The van der Waals surface area contributed by atoms with Gasteiger partial charge in [0.1, 0.15) is 0 Å². The fourth-order valence-corrected chi connectivity index (χ4v) is 5.12. The molecule has 0 spiro atoms. The Kier molecular flexibility index (Phi) is 3.71. The highest BCUT2D eigenvalue weighted by atomic mass is 15.0. The quantitative estimate of drug-likeness (QED) is 0.789. The SMILES string of the molecule is CC1CCC(C(C)C)C(NC2CC3CCC2C3)C1. The molecule has 0 amide bonds. The van der Waals surface area contributed by atoms with Crippen LogP contribution in [0.5, 0.6) is 0 Å². The summed E-state index contributed by atoms with van der Waals surface area (Å²) in [6, 6.07) is 1.69. The highest BCUT2D eigenvalue weighted by Gasteiger charge is 2.41. The van der Waals surface area contributed by atoms with Crippen molar-refractivity contribution in [2.75, 3.05) is 0 Å². The molecule has 3 fully saturated rings. The van der Waals surface area contributed by atoms with Crippen LogP contribution in [-0.2, 0) is 0 Å². The van der Waals surface area contributed by atoms with Gasteiger partial charge in [-0.2, -0.15) is 0 Å². The van der Waals surface area contributed by atoms with E-state index in [2.05, 4.69) is 26.1 Å². The van der Waals surface area contributed by atoms with Crippen molar-refractivity contribution in [2.24, 2.45) is 29.6 Å². The molecule has 0 saturated heterocycles. The Balaban J connectivity index is 1.61. The van der Waals surface area contributed by atoms with Crippen LogP contribution in [0.15, 0.2) is 0 Å². The van der Waals surface area contributed by atoms with Crippen molar-refractivity contribution in [3.05, 3.63) is 0 Å². The second-order valence-electron chi connectivity index (χ2n) is 7.88. The molecule has 104 valence electrons. The molecule has 2 bridgehead atoms.